The molecule has 0 atom stereocenters. The third kappa shape index (κ3) is 7.51. The second-order valence-electron chi connectivity index (χ2n) is 18.5. The summed E-state index contributed by atoms with van der Waals surface area (Å²) in [6, 6.07) is 88.6. The number of aryl methyl sites for hydroxylation is 4. The molecule has 0 fully saturated rings. The van der Waals surface area contributed by atoms with Crippen molar-refractivity contribution in [3.63, 3.8) is 0 Å². The normalized spacial score (nSPS) is 13.0. The third-order valence-corrected chi connectivity index (χ3v) is 14.1. The van der Waals surface area contributed by atoms with Crippen molar-refractivity contribution < 1.29 is 0 Å². The summed E-state index contributed by atoms with van der Waals surface area (Å²) in [4.78, 5) is 10.00. The maximum Gasteiger partial charge on any atom is 0.166 e. The molecule has 0 unspecified atom stereocenters. The van der Waals surface area contributed by atoms with Crippen LogP contribution in [0.1, 0.15) is 22.3 Å². The van der Waals surface area contributed by atoms with Crippen LogP contribution in [0, 0.1) is 27.7 Å². The first-order valence-electron chi connectivity index (χ1n) is 24.2. The Hall–Kier alpha value is -8.86. The molecule has 0 spiro atoms. The Labute approximate surface area is 411 Å². The topological polar surface area (TPSA) is 13.0 Å². The standard InChI is InChI=1S/C66H52N4/c1-45-41-61-62(42-46(45)2)68(58-35-27-54(28-36-58)50-19-11-6-12-20-50)65(67(61)57-33-25-53(26-34-57)49-17-9-5-10-18-49)66-69(59-37-29-55(30-38-59)51-21-13-7-14-22-51)63-43-47(3)48(4)44-64(63)70(66)60-39-31-56(32-40-60)52-23-15-8-16-24-52/h5-44H,1-4H3. The smallest absolute Gasteiger partial charge is 0.166 e. The lowest BCUT2D eigenvalue weighted by atomic mass is 10.0. The van der Waals surface area contributed by atoms with Crippen LogP contribution in [0.15, 0.2) is 254 Å². The van der Waals surface area contributed by atoms with Gasteiger partial charge in [-0.05, 0) is 167 Å². The van der Waals surface area contributed by atoms with Gasteiger partial charge in [0.2, 0.25) is 0 Å². The number of benzene rings is 10. The van der Waals surface area contributed by atoms with Gasteiger partial charge in [-0.1, -0.05) is 170 Å². The van der Waals surface area contributed by atoms with Crippen LogP contribution in [-0.4, -0.2) is 0 Å². The van der Waals surface area contributed by atoms with E-state index in [9.17, 15) is 0 Å². The third-order valence-electron chi connectivity index (χ3n) is 14.1. The predicted molar refractivity (Wildman–Crippen MR) is 295 cm³/mol. The van der Waals surface area contributed by atoms with E-state index in [0.717, 1.165) is 57.1 Å². The van der Waals surface area contributed by atoms with Gasteiger partial charge in [-0.25, -0.2) is 0 Å². The summed E-state index contributed by atoms with van der Waals surface area (Å²) in [6.07, 6.45) is 0. The zero-order valence-corrected chi connectivity index (χ0v) is 39.9. The minimum absolute atomic E-state index is 1.02. The van der Waals surface area contributed by atoms with Crippen LogP contribution < -0.4 is 19.6 Å². The van der Waals surface area contributed by atoms with Gasteiger partial charge >= 0.3 is 0 Å². The first kappa shape index (κ1) is 42.5. The highest BCUT2D eigenvalue weighted by Crippen LogP contribution is 2.58. The first-order chi connectivity index (χ1) is 34.4. The zero-order valence-electron chi connectivity index (χ0n) is 39.9. The van der Waals surface area contributed by atoms with Crippen molar-refractivity contribution in [1.82, 2.24) is 0 Å². The molecule has 336 valence electrons. The Kier molecular flexibility index (Phi) is 10.7. The minimum Gasteiger partial charge on any atom is -0.291 e. The molecule has 2 heterocycles. The SMILES string of the molecule is Cc1cc2c(cc1C)N(c1ccc(-c3ccccc3)cc1)C(=C1N(c3ccc(-c4ccccc4)cc3)c3cc(C)c(C)cc3N1c1ccc(-c3ccccc3)cc1)N2c1ccc(-c2ccccc2)cc1. The molecule has 0 bridgehead atoms. The summed E-state index contributed by atoms with van der Waals surface area (Å²) in [5.74, 6) is 2.04. The molecule has 4 nitrogen and oxygen atoms in total. The molecule has 0 aliphatic carbocycles. The Morgan fingerprint density at radius 2 is 0.371 bits per heavy atom. The fraction of sp³-hybridized carbons (Fsp3) is 0.0606. The average molecular weight is 901 g/mol. The van der Waals surface area contributed by atoms with E-state index >= 15 is 0 Å². The second-order valence-corrected chi connectivity index (χ2v) is 18.5. The number of nitrogens with zero attached hydrogens (tertiary/aromatic N) is 4. The lowest BCUT2D eigenvalue weighted by Gasteiger charge is -2.34. The lowest BCUT2D eigenvalue weighted by Crippen LogP contribution is -2.33. The summed E-state index contributed by atoms with van der Waals surface area (Å²) >= 11 is 0. The molecule has 2 aliphatic heterocycles. The highest BCUT2D eigenvalue weighted by molar-refractivity contribution is 6.01. The molecule has 10 aromatic carbocycles. The van der Waals surface area contributed by atoms with Crippen LogP contribution in [0.25, 0.3) is 44.5 Å². The Balaban J connectivity index is 1.16. The van der Waals surface area contributed by atoms with E-state index in [0.29, 0.717) is 0 Å². The van der Waals surface area contributed by atoms with Crippen molar-refractivity contribution in [1.29, 1.82) is 0 Å². The zero-order chi connectivity index (χ0) is 47.3. The van der Waals surface area contributed by atoms with Gasteiger partial charge in [0, 0.05) is 22.7 Å². The highest BCUT2D eigenvalue weighted by atomic mass is 15.5. The van der Waals surface area contributed by atoms with E-state index in [1.54, 1.807) is 0 Å². The quantitative estimate of drug-likeness (QED) is 0.151. The number of hydrogen-bond donors (Lipinski definition) is 0. The van der Waals surface area contributed by atoms with Gasteiger partial charge in [0.1, 0.15) is 0 Å². The maximum atomic E-state index is 2.50. The molecular weight excluding hydrogens is 849 g/mol. The first-order valence-corrected chi connectivity index (χ1v) is 24.2. The van der Waals surface area contributed by atoms with Crippen LogP contribution in [-0.2, 0) is 0 Å². The van der Waals surface area contributed by atoms with E-state index in [4.69, 9.17) is 0 Å². The summed E-state index contributed by atoms with van der Waals surface area (Å²) in [6.45, 7) is 8.92. The Bertz CT molecular complexity index is 3060. The predicted octanol–water partition coefficient (Wildman–Crippen LogP) is 18.0. The molecule has 0 N–H and O–H groups in total. The molecule has 0 amide bonds. The number of anilines is 8. The van der Waals surface area contributed by atoms with Gasteiger partial charge < -0.3 is 0 Å². The molecule has 4 heteroatoms. The second kappa shape index (κ2) is 17.7. The van der Waals surface area contributed by atoms with Crippen molar-refractivity contribution in [2.24, 2.45) is 0 Å². The van der Waals surface area contributed by atoms with Crippen LogP contribution >= 0.6 is 0 Å². The lowest BCUT2D eigenvalue weighted by molar-refractivity contribution is 1.01. The van der Waals surface area contributed by atoms with Crippen molar-refractivity contribution in [3.05, 3.63) is 277 Å². The summed E-state index contributed by atoms with van der Waals surface area (Å²) in [5.41, 5.74) is 23.1. The molecule has 0 saturated heterocycles. The average Bonchev–Trinajstić information content (AvgIpc) is 3.91. The van der Waals surface area contributed by atoms with E-state index in [2.05, 4.69) is 290 Å². The number of rotatable bonds is 8. The van der Waals surface area contributed by atoms with Crippen LogP contribution in [0.3, 0.4) is 0 Å². The van der Waals surface area contributed by atoms with Gasteiger partial charge in [0.15, 0.2) is 11.6 Å². The molecule has 0 saturated carbocycles. The van der Waals surface area contributed by atoms with Gasteiger partial charge in [-0.15, -0.1) is 0 Å². The molecule has 2 aliphatic rings. The Morgan fingerprint density at radius 1 is 0.200 bits per heavy atom. The van der Waals surface area contributed by atoms with E-state index in [1.807, 2.05) is 0 Å². The molecule has 12 rings (SSSR count). The minimum atomic E-state index is 1.02. The fourth-order valence-corrected chi connectivity index (χ4v) is 10.1. The van der Waals surface area contributed by atoms with Crippen molar-refractivity contribution in [2.75, 3.05) is 19.6 Å². The van der Waals surface area contributed by atoms with Crippen LogP contribution in [0.4, 0.5) is 45.5 Å². The number of hydrogen-bond acceptors (Lipinski definition) is 4. The van der Waals surface area contributed by atoms with Crippen LogP contribution in [0.5, 0.6) is 0 Å². The van der Waals surface area contributed by atoms with Crippen molar-refractivity contribution >= 4 is 45.5 Å². The van der Waals surface area contributed by atoms with Gasteiger partial charge in [0.25, 0.3) is 0 Å². The fourth-order valence-electron chi connectivity index (χ4n) is 10.1. The van der Waals surface area contributed by atoms with Gasteiger partial charge in [-0.3, -0.25) is 19.6 Å². The maximum absolute atomic E-state index is 2.50. The molecule has 0 aromatic heterocycles. The van der Waals surface area contributed by atoms with Gasteiger partial charge in [0.05, 0.1) is 22.7 Å². The number of fused-ring (bicyclic) bond motifs is 2. The molecule has 70 heavy (non-hydrogen) atoms. The Morgan fingerprint density at radius 3 is 0.557 bits per heavy atom. The molecular formula is C66H52N4. The molecule has 0 radical (unpaired) electrons. The van der Waals surface area contributed by atoms with E-state index in [-0.39, 0.29) is 0 Å². The highest BCUT2D eigenvalue weighted by Gasteiger charge is 2.45. The van der Waals surface area contributed by atoms with Crippen molar-refractivity contribution in [3.8, 4) is 44.5 Å². The largest absolute Gasteiger partial charge is 0.291 e. The van der Waals surface area contributed by atoms with E-state index in [1.165, 1.54) is 66.8 Å². The van der Waals surface area contributed by atoms with Crippen molar-refractivity contribution in [2.45, 2.75) is 27.7 Å². The molecule has 10 aromatic rings. The van der Waals surface area contributed by atoms with Crippen LogP contribution in [0.2, 0.25) is 0 Å². The van der Waals surface area contributed by atoms with Gasteiger partial charge in [-0.2, -0.15) is 0 Å². The summed E-state index contributed by atoms with van der Waals surface area (Å²) < 4.78 is 0. The van der Waals surface area contributed by atoms with E-state index < -0.39 is 0 Å². The monoisotopic (exact) mass is 900 g/mol. The summed E-state index contributed by atoms with van der Waals surface area (Å²) in [7, 11) is 0. The summed E-state index contributed by atoms with van der Waals surface area (Å²) in [5, 5.41) is 0.